The lowest BCUT2D eigenvalue weighted by atomic mass is 9.95. The number of ether oxygens (including phenoxy) is 2. The van der Waals surface area contributed by atoms with Crippen LogP contribution in [-0.2, 0) is 0 Å². The fourth-order valence-corrected chi connectivity index (χ4v) is 7.74. The number of aryl methyl sites for hydroxylation is 1. The van der Waals surface area contributed by atoms with Crippen LogP contribution in [0.15, 0.2) is 24.3 Å². The van der Waals surface area contributed by atoms with Crippen LogP contribution in [0.4, 0.5) is 14.6 Å². The molecule has 0 spiro atoms. The van der Waals surface area contributed by atoms with Crippen molar-refractivity contribution in [3.63, 3.8) is 0 Å². The highest BCUT2D eigenvalue weighted by Gasteiger charge is 2.45. The molecule has 0 aliphatic carbocycles. The smallest absolute Gasteiger partial charge is 0.319 e. The summed E-state index contributed by atoms with van der Waals surface area (Å²) in [7, 11) is 0. The highest BCUT2D eigenvalue weighted by Crippen LogP contribution is 2.44. The fraction of sp³-hybridized carbons (Fsp3) is 0.469. The predicted octanol–water partition coefficient (Wildman–Crippen LogP) is 5.90. The van der Waals surface area contributed by atoms with Crippen LogP contribution in [0, 0.1) is 18.6 Å². The summed E-state index contributed by atoms with van der Waals surface area (Å²) in [5, 5.41) is 12.0. The number of nitrogens with zero attached hydrogens (tertiary/aromatic N) is 5. The monoisotopic (exact) mass is 573 g/mol. The molecule has 42 heavy (non-hydrogen) atoms. The number of aromatic hydroxyl groups is 1. The van der Waals surface area contributed by atoms with Gasteiger partial charge >= 0.3 is 6.01 Å². The van der Waals surface area contributed by atoms with Crippen LogP contribution in [-0.4, -0.2) is 69.4 Å². The molecule has 8 rings (SSSR count). The Morgan fingerprint density at radius 1 is 1.02 bits per heavy atom. The molecule has 6 heterocycles. The van der Waals surface area contributed by atoms with Gasteiger partial charge in [-0.1, -0.05) is 6.07 Å². The third-order valence-corrected chi connectivity index (χ3v) is 9.86. The molecule has 1 N–H and O–H groups in total. The minimum atomic E-state index is -0.682. The summed E-state index contributed by atoms with van der Waals surface area (Å²) in [6.45, 7) is 5.40. The van der Waals surface area contributed by atoms with E-state index in [4.69, 9.17) is 14.5 Å². The van der Waals surface area contributed by atoms with E-state index in [0.29, 0.717) is 40.8 Å². The summed E-state index contributed by atoms with van der Waals surface area (Å²) in [5.74, 6) is -0.356. The quantitative estimate of drug-likeness (QED) is 0.323. The van der Waals surface area contributed by atoms with E-state index in [1.165, 1.54) is 18.2 Å². The van der Waals surface area contributed by atoms with Crippen LogP contribution >= 0.6 is 0 Å². The summed E-state index contributed by atoms with van der Waals surface area (Å²) in [4.78, 5) is 18.9. The zero-order valence-corrected chi connectivity index (χ0v) is 23.6. The first-order chi connectivity index (χ1) is 20.4. The van der Waals surface area contributed by atoms with Crippen molar-refractivity contribution in [2.45, 2.75) is 63.5 Å². The van der Waals surface area contributed by atoms with Gasteiger partial charge < -0.3 is 19.5 Å². The number of aromatic nitrogens is 3. The third-order valence-electron chi connectivity index (χ3n) is 9.86. The van der Waals surface area contributed by atoms with E-state index in [2.05, 4.69) is 19.8 Å². The number of hydrogen-bond donors (Lipinski definition) is 1. The molecule has 8 nitrogen and oxygen atoms in total. The molecule has 3 saturated heterocycles. The van der Waals surface area contributed by atoms with E-state index < -0.39 is 11.6 Å². The molecule has 0 radical (unpaired) electrons. The van der Waals surface area contributed by atoms with Gasteiger partial charge in [0.15, 0.2) is 5.82 Å². The predicted molar refractivity (Wildman–Crippen MR) is 155 cm³/mol. The summed E-state index contributed by atoms with van der Waals surface area (Å²) in [6, 6.07) is 6.09. The van der Waals surface area contributed by atoms with Crippen LogP contribution in [0.2, 0.25) is 0 Å². The lowest BCUT2D eigenvalue weighted by Crippen LogP contribution is -2.44. The summed E-state index contributed by atoms with van der Waals surface area (Å²) >= 11 is 0. The van der Waals surface area contributed by atoms with Gasteiger partial charge in [0.05, 0.1) is 11.6 Å². The fourth-order valence-electron chi connectivity index (χ4n) is 7.74. The molecule has 218 valence electrons. The molecule has 10 heteroatoms. The molecule has 0 saturated carbocycles. The van der Waals surface area contributed by atoms with E-state index in [1.54, 1.807) is 13.0 Å². The van der Waals surface area contributed by atoms with E-state index in [9.17, 15) is 9.50 Å². The first-order valence-electron chi connectivity index (χ1n) is 15.0. The summed E-state index contributed by atoms with van der Waals surface area (Å²) in [5.41, 5.74) is 0.602. The Morgan fingerprint density at radius 2 is 1.86 bits per heavy atom. The zero-order chi connectivity index (χ0) is 28.6. The number of phenols is 1. The Labute approximate surface area is 242 Å². The van der Waals surface area contributed by atoms with Crippen molar-refractivity contribution in [3.8, 4) is 28.9 Å². The number of benzene rings is 2. The molecule has 0 amide bonds. The molecule has 1 atom stereocenters. The van der Waals surface area contributed by atoms with Gasteiger partial charge in [-0.3, -0.25) is 4.90 Å². The van der Waals surface area contributed by atoms with E-state index in [0.717, 1.165) is 64.6 Å². The van der Waals surface area contributed by atoms with Gasteiger partial charge in [-0.15, -0.1) is 0 Å². The maximum absolute atomic E-state index is 16.8. The molecule has 2 aromatic carbocycles. The molecule has 4 aliphatic heterocycles. The minimum Gasteiger partial charge on any atom is -0.508 e. The normalized spacial score (nSPS) is 21.3. The largest absolute Gasteiger partial charge is 0.508 e. The second-order valence-corrected chi connectivity index (χ2v) is 12.3. The first-order valence-corrected chi connectivity index (χ1v) is 15.0. The Kier molecular flexibility index (Phi) is 5.93. The molecule has 4 aliphatic rings. The number of piperidine rings is 1. The number of pyridine rings is 1. The highest BCUT2D eigenvalue weighted by molar-refractivity contribution is 6.03. The van der Waals surface area contributed by atoms with Crippen LogP contribution in [0.25, 0.3) is 32.9 Å². The first kappa shape index (κ1) is 25.9. The van der Waals surface area contributed by atoms with Crippen molar-refractivity contribution in [1.82, 2.24) is 19.9 Å². The van der Waals surface area contributed by atoms with Gasteiger partial charge in [-0.2, -0.15) is 9.97 Å². The Hall–Kier alpha value is -3.79. The van der Waals surface area contributed by atoms with Crippen LogP contribution in [0.3, 0.4) is 0 Å². The number of anilines is 1. The van der Waals surface area contributed by atoms with E-state index >= 15 is 4.39 Å². The standard InChI is InChI=1S/C32H33F2N5O3/c1-18-23(33)8-7-19-14-21(40)15-22(24(18)19)27-26(34)28-25-29(39-13-3-2-6-20(39)16-41-30(25)35-27)37-31(36-28)42-17-32-9-4-11-38(32)12-5-10-32/h7-8,14-15,20,40H,2-6,9-13,16-17H2,1H3/t20-/m0/s1. The lowest BCUT2D eigenvalue weighted by Gasteiger charge is -2.35. The average molecular weight is 574 g/mol. The van der Waals surface area contributed by atoms with Gasteiger partial charge in [-0.25, -0.2) is 13.8 Å². The molecule has 2 aromatic heterocycles. The van der Waals surface area contributed by atoms with Gasteiger partial charge in [-0.05, 0) is 99.5 Å². The number of hydrogen-bond acceptors (Lipinski definition) is 8. The minimum absolute atomic E-state index is 0.0155. The Balaban J connectivity index is 1.33. The van der Waals surface area contributed by atoms with Crippen LogP contribution < -0.4 is 14.4 Å². The number of rotatable bonds is 4. The maximum Gasteiger partial charge on any atom is 0.319 e. The van der Waals surface area contributed by atoms with Crippen molar-refractivity contribution >= 4 is 27.5 Å². The number of phenolic OH excluding ortho intramolecular Hbond substituents is 1. The molecule has 0 unspecified atom stereocenters. The molecular formula is C32H33F2N5O3. The van der Waals surface area contributed by atoms with Crippen LogP contribution in [0.1, 0.15) is 50.5 Å². The second-order valence-electron chi connectivity index (χ2n) is 12.3. The topological polar surface area (TPSA) is 83.8 Å². The van der Waals surface area contributed by atoms with Crippen molar-refractivity contribution < 1.29 is 23.4 Å². The van der Waals surface area contributed by atoms with Crippen molar-refractivity contribution in [2.24, 2.45) is 0 Å². The van der Waals surface area contributed by atoms with Gasteiger partial charge in [0, 0.05) is 12.1 Å². The van der Waals surface area contributed by atoms with Crippen LogP contribution in [0.5, 0.6) is 17.6 Å². The zero-order valence-electron chi connectivity index (χ0n) is 23.6. The van der Waals surface area contributed by atoms with Crippen molar-refractivity contribution in [2.75, 3.05) is 37.7 Å². The molecule has 4 aromatic rings. The van der Waals surface area contributed by atoms with Gasteiger partial charge in [0.25, 0.3) is 0 Å². The Bertz CT molecular complexity index is 1740. The van der Waals surface area contributed by atoms with E-state index in [1.807, 2.05) is 0 Å². The number of fused-ring (bicyclic) bond motifs is 4. The molecular weight excluding hydrogens is 540 g/mol. The lowest BCUT2D eigenvalue weighted by molar-refractivity contribution is 0.108. The summed E-state index contributed by atoms with van der Waals surface area (Å²) < 4.78 is 44.1. The van der Waals surface area contributed by atoms with Crippen molar-refractivity contribution in [1.29, 1.82) is 0 Å². The second kappa shape index (κ2) is 9.62. The highest BCUT2D eigenvalue weighted by atomic mass is 19.1. The maximum atomic E-state index is 16.8. The molecule has 0 bridgehead atoms. The average Bonchev–Trinajstić information content (AvgIpc) is 3.53. The Morgan fingerprint density at radius 3 is 2.69 bits per heavy atom. The summed E-state index contributed by atoms with van der Waals surface area (Å²) in [6.07, 6.45) is 7.43. The molecule has 3 fully saturated rings. The third kappa shape index (κ3) is 3.91. The van der Waals surface area contributed by atoms with Gasteiger partial charge in [0.2, 0.25) is 5.88 Å². The van der Waals surface area contributed by atoms with Crippen molar-refractivity contribution in [3.05, 3.63) is 41.5 Å². The SMILES string of the molecule is Cc1c(F)ccc2cc(O)cc(-c3nc4c5c(nc(OCC67CCCN6CCC7)nc5c3F)N3CCCC[C@H]3CO4)c12. The van der Waals surface area contributed by atoms with Gasteiger partial charge in [0.1, 0.15) is 47.2 Å². The van der Waals surface area contributed by atoms with E-state index in [-0.39, 0.29) is 46.0 Å². The number of halogens is 2.